The van der Waals surface area contributed by atoms with Crippen LogP contribution in [-0.2, 0) is 4.79 Å². The van der Waals surface area contributed by atoms with E-state index in [1.54, 1.807) is 12.1 Å². The number of ether oxygens (including phenoxy) is 1. The van der Waals surface area contributed by atoms with Crippen LogP contribution >= 0.6 is 0 Å². The third kappa shape index (κ3) is 2.90. The molecular formula is C10H10O4. The minimum Gasteiger partial charge on any atom is -0.493 e. The zero-order valence-electron chi connectivity index (χ0n) is 7.47. The molecule has 4 nitrogen and oxygen atoms in total. The van der Waals surface area contributed by atoms with Crippen molar-refractivity contribution < 1.29 is 19.4 Å². The van der Waals surface area contributed by atoms with E-state index in [0.717, 1.165) is 6.29 Å². The molecule has 0 unspecified atom stereocenters. The summed E-state index contributed by atoms with van der Waals surface area (Å²) in [6.45, 7) is 0.270. The largest absolute Gasteiger partial charge is 0.493 e. The molecule has 74 valence electrons. The van der Waals surface area contributed by atoms with Crippen molar-refractivity contribution in [1.29, 1.82) is 0 Å². The van der Waals surface area contributed by atoms with Crippen LogP contribution in [0.5, 0.6) is 5.75 Å². The first-order chi connectivity index (χ1) is 6.74. The molecule has 1 aromatic carbocycles. The van der Waals surface area contributed by atoms with E-state index in [0.29, 0.717) is 12.2 Å². The third-order valence-electron chi connectivity index (χ3n) is 1.59. The maximum atomic E-state index is 10.6. The molecule has 0 aromatic heterocycles. The summed E-state index contributed by atoms with van der Waals surface area (Å²) in [6.07, 6.45) is 1.05. The fourth-order valence-corrected chi connectivity index (χ4v) is 0.944. The number of aromatic carboxylic acids is 1. The number of rotatable bonds is 5. The van der Waals surface area contributed by atoms with Gasteiger partial charge in [0.15, 0.2) is 0 Å². The Kier molecular flexibility index (Phi) is 3.67. The summed E-state index contributed by atoms with van der Waals surface area (Å²) in [5, 5.41) is 8.67. The van der Waals surface area contributed by atoms with Crippen molar-refractivity contribution in [2.45, 2.75) is 6.42 Å². The van der Waals surface area contributed by atoms with Crippen LogP contribution in [0.1, 0.15) is 16.8 Å². The second-order valence-electron chi connectivity index (χ2n) is 2.64. The fourth-order valence-electron chi connectivity index (χ4n) is 0.944. The minimum atomic E-state index is -0.995. The van der Waals surface area contributed by atoms with Gasteiger partial charge in [-0.1, -0.05) is 6.07 Å². The van der Waals surface area contributed by atoms with Gasteiger partial charge in [-0.2, -0.15) is 0 Å². The van der Waals surface area contributed by atoms with Gasteiger partial charge in [0.05, 0.1) is 12.2 Å². The molecule has 0 atom stereocenters. The SMILES string of the molecule is O=CCCOc1cccc(C(=O)O)c1. The standard InChI is InChI=1S/C10H10O4/c11-5-2-6-14-9-4-1-3-8(7-9)10(12)13/h1,3-5,7H,2,6H2,(H,12,13). The van der Waals surface area contributed by atoms with Gasteiger partial charge < -0.3 is 14.6 Å². The monoisotopic (exact) mass is 194 g/mol. The van der Waals surface area contributed by atoms with E-state index in [9.17, 15) is 9.59 Å². The first-order valence-corrected chi connectivity index (χ1v) is 4.14. The van der Waals surface area contributed by atoms with Crippen molar-refractivity contribution >= 4 is 12.3 Å². The van der Waals surface area contributed by atoms with E-state index in [2.05, 4.69) is 0 Å². The van der Waals surface area contributed by atoms with E-state index in [4.69, 9.17) is 9.84 Å². The molecule has 0 aliphatic carbocycles. The van der Waals surface area contributed by atoms with Gasteiger partial charge in [0.25, 0.3) is 0 Å². The summed E-state index contributed by atoms with van der Waals surface area (Å²) < 4.78 is 5.14. The molecule has 1 aromatic rings. The first kappa shape index (κ1) is 10.2. The van der Waals surface area contributed by atoms with Crippen molar-refractivity contribution in [2.75, 3.05) is 6.61 Å². The highest BCUT2D eigenvalue weighted by atomic mass is 16.5. The van der Waals surface area contributed by atoms with E-state index >= 15 is 0 Å². The van der Waals surface area contributed by atoms with Gasteiger partial charge >= 0.3 is 5.97 Å². The van der Waals surface area contributed by atoms with Gasteiger partial charge in [0.1, 0.15) is 12.0 Å². The molecule has 0 radical (unpaired) electrons. The van der Waals surface area contributed by atoms with Crippen LogP contribution in [0.15, 0.2) is 24.3 Å². The number of benzene rings is 1. The highest BCUT2D eigenvalue weighted by Gasteiger charge is 2.02. The van der Waals surface area contributed by atoms with Gasteiger partial charge in [-0.05, 0) is 18.2 Å². The summed E-state index contributed by atoms with van der Waals surface area (Å²) >= 11 is 0. The number of hydrogen-bond donors (Lipinski definition) is 1. The minimum absolute atomic E-state index is 0.175. The maximum absolute atomic E-state index is 10.6. The maximum Gasteiger partial charge on any atom is 0.335 e. The zero-order valence-corrected chi connectivity index (χ0v) is 7.47. The van der Waals surface area contributed by atoms with Crippen LogP contribution < -0.4 is 4.74 Å². The van der Waals surface area contributed by atoms with E-state index in [1.165, 1.54) is 12.1 Å². The molecule has 0 heterocycles. The number of carboxylic acid groups (broad SMARTS) is 1. The highest BCUT2D eigenvalue weighted by Crippen LogP contribution is 2.13. The van der Waals surface area contributed by atoms with Crippen LogP contribution in [0.4, 0.5) is 0 Å². The summed E-state index contributed by atoms with van der Waals surface area (Å²) in [5.41, 5.74) is 0.175. The number of carbonyl (C=O) groups is 2. The van der Waals surface area contributed by atoms with Gasteiger partial charge in [0.2, 0.25) is 0 Å². The second-order valence-corrected chi connectivity index (χ2v) is 2.64. The average Bonchev–Trinajstić information content (AvgIpc) is 2.19. The van der Waals surface area contributed by atoms with E-state index in [-0.39, 0.29) is 12.2 Å². The van der Waals surface area contributed by atoms with Crippen molar-refractivity contribution in [1.82, 2.24) is 0 Å². The van der Waals surface area contributed by atoms with Crippen molar-refractivity contribution in [3.63, 3.8) is 0 Å². The molecular weight excluding hydrogens is 184 g/mol. The number of carbonyl (C=O) groups excluding carboxylic acids is 1. The summed E-state index contributed by atoms with van der Waals surface area (Å²) in [7, 11) is 0. The third-order valence-corrected chi connectivity index (χ3v) is 1.59. The summed E-state index contributed by atoms with van der Waals surface area (Å²) in [4.78, 5) is 20.6. The topological polar surface area (TPSA) is 63.6 Å². The van der Waals surface area contributed by atoms with Crippen LogP contribution in [0, 0.1) is 0 Å². The van der Waals surface area contributed by atoms with Crippen molar-refractivity contribution in [2.24, 2.45) is 0 Å². The highest BCUT2D eigenvalue weighted by molar-refractivity contribution is 5.87. The molecule has 0 saturated carbocycles. The Labute approximate surface area is 81.1 Å². The predicted molar refractivity (Wildman–Crippen MR) is 49.6 cm³/mol. The second kappa shape index (κ2) is 5.01. The van der Waals surface area contributed by atoms with Gasteiger partial charge in [-0.3, -0.25) is 0 Å². The molecule has 0 amide bonds. The lowest BCUT2D eigenvalue weighted by atomic mass is 10.2. The Hall–Kier alpha value is -1.84. The molecule has 4 heteroatoms. The molecule has 1 N–H and O–H groups in total. The zero-order chi connectivity index (χ0) is 10.4. The van der Waals surface area contributed by atoms with Crippen LogP contribution in [0.25, 0.3) is 0 Å². The molecule has 0 bridgehead atoms. The fraction of sp³-hybridized carbons (Fsp3) is 0.200. The normalized spacial score (nSPS) is 9.43. The predicted octanol–water partition coefficient (Wildman–Crippen LogP) is 1.35. The van der Waals surface area contributed by atoms with Gasteiger partial charge in [-0.15, -0.1) is 0 Å². The number of hydrogen-bond acceptors (Lipinski definition) is 3. The van der Waals surface area contributed by atoms with Crippen LogP contribution in [0.3, 0.4) is 0 Å². The van der Waals surface area contributed by atoms with E-state index in [1.807, 2.05) is 0 Å². The van der Waals surface area contributed by atoms with Crippen LogP contribution in [0.2, 0.25) is 0 Å². The molecule has 0 aliphatic heterocycles. The molecule has 1 rings (SSSR count). The lowest BCUT2D eigenvalue weighted by molar-refractivity contribution is -0.108. The van der Waals surface area contributed by atoms with Gasteiger partial charge in [0, 0.05) is 6.42 Å². The lowest BCUT2D eigenvalue weighted by Crippen LogP contribution is -2.00. The number of aldehydes is 1. The Balaban J connectivity index is 2.63. The lowest BCUT2D eigenvalue weighted by Gasteiger charge is -2.03. The summed E-state index contributed by atoms with van der Waals surface area (Å²) in [5.74, 6) is -0.530. The molecule has 0 saturated heterocycles. The van der Waals surface area contributed by atoms with Crippen molar-refractivity contribution in [3.05, 3.63) is 29.8 Å². The average molecular weight is 194 g/mol. The Morgan fingerprint density at radius 2 is 2.29 bits per heavy atom. The Bertz CT molecular complexity index is 333. The van der Waals surface area contributed by atoms with Crippen LogP contribution in [-0.4, -0.2) is 24.0 Å². The van der Waals surface area contributed by atoms with Crippen molar-refractivity contribution in [3.8, 4) is 5.75 Å². The quantitative estimate of drug-likeness (QED) is 0.567. The van der Waals surface area contributed by atoms with Gasteiger partial charge in [-0.25, -0.2) is 4.79 Å². The first-order valence-electron chi connectivity index (χ1n) is 4.14. The molecule has 14 heavy (non-hydrogen) atoms. The molecule has 0 fully saturated rings. The smallest absolute Gasteiger partial charge is 0.335 e. The Morgan fingerprint density at radius 1 is 1.50 bits per heavy atom. The summed E-state index contributed by atoms with van der Waals surface area (Å²) in [6, 6.07) is 6.15. The van der Waals surface area contributed by atoms with E-state index < -0.39 is 5.97 Å². The molecule has 0 spiro atoms. The molecule has 0 aliphatic rings. The number of carboxylic acids is 1. The Morgan fingerprint density at radius 3 is 2.93 bits per heavy atom.